The van der Waals surface area contributed by atoms with Crippen molar-refractivity contribution in [2.24, 2.45) is 5.92 Å². The molecule has 1 atom stereocenters. The highest BCUT2D eigenvalue weighted by atomic mass is 35.5. The predicted molar refractivity (Wildman–Crippen MR) is 64.5 cm³/mol. The second-order valence-electron chi connectivity index (χ2n) is 4.30. The Hall–Kier alpha value is -0.810. The van der Waals surface area contributed by atoms with Crippen molar-refractivity contribution in [1.29, 1.82) is 0 Å². The molecule has 108 valence electrons. The van der Waals surface area contributed by atoms with Crippen molar-refractivity contribution >= 4 is 11.9 Å². The maximum atomic E-state index is 11.8. The molecule has 0 aromatic carbocycles. The van der Waals surface area contributed by atoms with Gasteiger partial charge in [0.1, 0.15) is 6.54 Å². The third kappa shape index (κ3) is 11.7. The van der Waals surface area contributed by atoms with Crippen molar-refractivity contribution < 1.29 is 48.7 Å². The van der Waals surface area contributed by atoms with Crippen molar-refractivity contribution in [3.63, 3.8) is 0 Å². The van der Waals surface area contributed by atoms with Gasteiger partial charge < -0.3 is 26.7 Å². The summed E-state index contributed by atoms with van der Waals surface area (Å²) in [5.41, 5.74) is 0. The number of rotatable bonds is 7. The van der Waals surface area contributed by atoms with Gasteiger partial charge in [-0.25, -0.2) is 0 Å². The van der Waals surface area contributed by atoms with Crippen LogP contribution in [0.25, 0.3) is 0 Å². The molecule has 0 saturated carbocycles. The van der Waals surface area contributed by atoms with Gasteiger partial charge in [0.05, 0.1) is 39.7 Å². The van der Waals surface area contributed by atoms with Crippen molar-refractivity contribution in [3.05, 3.63) is 0 Å². The standard InChI is InChI=1S/C12H23NO4.ClH/c1-9(2)6-12(16)17-10(7-11(14)15)8-13(3,4)5;/h9-10H,6-8H2,1-5H3;1H/t10-;/m1./s1/i3D3,4D3,5D3;. The molecular formula is C12H24ClNO4. The molecular weight excluding hydrogens is 258 g/mol. The topological polar surface area (TPSA) is 63.6 Å². The van der Waals surface area contributed by atoms with Gasteiger partial charge in [-0.05, 0) is 5.92 Å². The van der Waals surface area contributed by atoms with Gasteiger partial charge in [-0.15, -0.1) is 0 Å². The lowest BCUT2D eigenvalue weighted by Crippen LogP contribution is -3.00. The van der Waals surface area contributed by atoms with E-state index in [2.05, 4.69) is 0 Å². The first-order chi connectivity index (χ1) is 11.3. The van der Waals surface area contributed by atoms with E-state index < -0.39 is 56.4 Å². The maximum Gasteiger partial charge on any atom is 0.307 e. The molecule has 0 amide bonds. The smallest absolute Gasteiger partial charge is 0.307 e. The fourth-order valence-corrected chi connectivity index (χ4v) is 1.21. The van der Waals surface area contributed by atoms with Crippen LogP contribution in [-0.4, -0.2) is 55.1 Å². The number of quaternary nitrogens is 1. The van der Waals surface area contributed by atoms with Crippen molar-refractivity contribution in [3.8, 4) is 0 Å². The Kier molecular flexibility index (Phi) is 3.56. The van der Waals surface area contributed by atoms with E-state index in [0.29, 0.717) is 0 Å². The van der Waals surface area contributed by atoms with Crippen LogP contribution in [0.5, 0.6) is 0 Å². The van der Waals surface area contributed by atoms with Crippen LogP contribution in [0.4, 0.5) is 0 Å². The zero-order valence-corrected chi connectivity index (χ0v) is 11.0. The van der Waals surface area contributed by atoms with Crippen molar-refractivity contribution in [1.82, 2.24) is 0 Å². The van der Waals surface area contributed by atoms with E-state index in [1.807, 2.05) is 0 Å². The molecule has 18 heavy (non-hydrogen) atoms. The Morgan fingerprint density at radius 3 is 2.22 bits per heavy atom. The quantitative estimate of drug-likeness (QED) is 0.441. The van der Waals surface area contributed by atoms with Crippen LogP contribution < -0.4 is 12.4 Å². The highest BCUT2D eigenvalue weighted by molar-refractivity contribution is 5.71. The summed E-state index contributed by atoms with van der Waals surface area (Å²) in [6.07, 6.45) is -2.78. The first-order valence-corrected chi connectivity index (χ1v) is 5.15. The first-order valence-electron chi connectivity index (χ1n) is 9.65. The van der Waals surface area contributed by atoms with Crippen LogP contribution in [-0.2, 0) is 14.3 Å². The molecule has 0 aromatic heterocycles. The molecule has 0 aliphatic carbocycles. The van der Waals surface area contributed by atoms with Gasteiger partial charge >= 0.3 is 11.9 Å². The number of ether oxygens (including phenoxy) is 1. The van der Waals surface area contributed by atoms with E-state index in [1.165, 1.54) is 0 Å². The summed E-state index contributed by atoms with van der Waals surface area (Å²) >= 11 is 0. The molecule has 1 N–H and O–H groups in total. The van der Waals surface area contributed by atoms with Gasteiger partial charge in [-0.2, -0.15) is 0 Å². The van der Waals surface area contributed by atoms with Crippen LogP contribution >= 0.6 is 0 Å². The average molecular weight is 291 g/mol. The molecule has 0 unspecified atom stereocenters. The summed E-state index contributed by atoms with van der Waals surface area (Å²) in [7, 11) is 0. The monoisotopic (exact) mass is 290 g/mol. The summed E-state index contributed by atoms with van der Waals surface area (Å²) in [4.78, 5) is 22.9. The summed E-state index contributed by atoms with van der Waals surface area (Å²) in [5.74, 6) is -2.52. The highest BCUT2D eigenvalue weighted by Crippen LogP contribution is 2.09. The normalized spacial score (nSPS) is 22.3. The highest BCUT2D eigenvalue weighted by Gasteiger charge is 2.24. The van der Waals surface area contributed by atoms with E-state index in [1.54, 1.807) is 13.8 Å². The summed E-state index contributed by atoms with van der Waals surface area (Å²) < 4.78 is 70.2. The molecule has 0 aliphatic rings. The van der Waals surface area contributed by atoms with Gasteiger partial charge in [0, 0.05) is 6.42 Å². The Morgan fingerprint density at radius 2 is 1.83 bits per heavy atom. The Labute approximate surface area is 128 Å². The molecule has 0 fully saturated rings. The largest absolute Gasteiger partial charge is 1.00 e. The molecule has 0 heterocycles. The Balaban J connectivity index is 0. The van der Waals surface area contributed by atoms with Gasteiger partial charge in [-0.3, -0.25) is 9.59 Å². The first kappa shape index (κ1) is 7.70. The molecule has 0 rings (SSSR count). The number of hydrogen-bond acceptors (Lipinski definition) is 3. The number of esters is 1. The number of hydrogen-bond donors (Lipinski definition) is 1. The number of nitrogens with zero attached hydrogens (tertiary/aromatic N) is 1. The number of aliphatic carboxylic acids is 1. The number of halogens is 1. The van der Waals surface area contributed by atoms with Gasteiger partial charge in [0.15, 0.2) is 6.10 Å². The van der Waals surface area contributed by atoms with Gasteiger partial charge in [-0.1, -0.05) is 13.8 Å². The third-order valence-electron chi connectivity index (χ3n) is 1.75. The van der Waals surface area contributed by atoms with E-state index >= 15 is 0 Å². The minimum Gasteiger partial charge on any atom is -1.00 e. The fraction of sp³-hybridized carbons (Fsp3) is 0.833. The second-order valence-corrected chi connectivity index (χ2v) is 4.30. The van der Waals surface area contributed by atoms with E-state index in [4.69, 9.17) is 22.2 Å². The average Bonchev–Trinajstić information content (AvgIpc) is 2.28. The number of carboxylic acids is 1. The molecule has 6 heteroatoms. The van der Waals surface area contributed by atoms with Crippen LogP contribution in [0, 0.1) is 5.92 Å². The van der Waals surface area contributed by atoms with Gasteiger partial charge in [0.25, 0.3) is 0 Å². The molecule has 0 aliphatic heterocycles. The number of likely N-dealkylation sites (N-methyl/N-ethyl adjacent to an activating group) is 1. The van der Waals surface area contributed by atoms with Crippen LogP contribution in [0.3, 0.4) is 0 Å². The van der Waals surface area contributed by atoms with E-state index in [0.717, 1.165) is 0 Å². The minimum atomic E-state index is -3.54. The van der Waals surface area contributed by atoms with Crippen LogP contribution in [0.15, 0.2) is 0 Å². The molecule has 5 nitrogen and oxygen atoms in total. The van der Waals surface area contributed by atoms with Gasteiger partial charge in [0.2, 0.25) is 0 Å². The number of carbonyl (C=O) groups excluding carboxylic acids is 1. The lowest BCUT2D eigenvalue weighted by molar-refractivity contribution is -0.873. The molecule has 0 saturated heterocycles. The second kappa shape index (κ2) is 8.32. The Morgan fingerprint density at radius 1 is 1.28 bits per heavy atom. The molecule has 0 radical (unpaired) electrons. The van der Waals surface area contributed by atoms with Crippen LogP contribution in [0.2, 0.25) is 0 Å². The van der Waals surface area contributed by atoms with Crippen molar-refractivity contribution in [2.75, 3.05) is 27.5 Å². The lowest BCUT2D eigenvalue weighted by Gasteiger charge is -2.28. The maximum absolute atomic E-state index is 11.8. The zero-order chi connectivity index (χ0) is 21.1. The van der Waals surface area contributed by atoms with Crippen LogP contribution in [0.1, 0.15) is 39.0 Å². The third-order valence-corrected chi connectivity index (χ3v) is 1.75. The number of carbonyl (C=O) groups is 2. The zero-order valence-electron chi connectivity index (χ0n) is 19.3. The van der Waals surface area contributed by atoms with E-state index in [-0.39, 0.29) is 24.7 Å². The molecule has 0 aromatic rings. The molecule has 0 bridgehead atoms. The SMILES string of the molecule is [2H]C([2H])([2H])[N+](C[C@@H](CC(=O)O)OC(=O)CC(C)C)(C([2H])([2H])[2H])C([2H])([2H])[2H].[Cl-]. The summed E-state index contributed by atoms with van der Waals surface area (Å²) in [6.45, 7) is -8.49. The van der Waals surface area contributed by atoms with Crippen molar-refractivity contribution in [2.45, 2.75) is 32.8 Å². The summed E-state index contributed by atoms with van der Waals surface area (Å²) in [6, 6.07) is 0. The molecule has 0 spiro atoms. The summed E-state index contributed by atoms with van der Waals surface area (Å²) in [5, 5.41) is 8.96. The number of carboxylic acid groups (broad SMARTS) is 1. The fourth-order valence-electron chi connectivity index (χ4n) is 1.21. The lowest BCUT2D eigenvalue weighted by atomic mass is 10.1. The van der Waals surface area contributed by atoms with E-state index in [9.17, 15) is 9.59 Å². The predicted octanol–water partition coefficient (Wildman–Crippen LogP) is -1.87. The Bertz CT molecular complexity index is 480. The minimum absolute atomic E-state index is 0.